The Bertz CT molecular complexity index is 298. The highest BCUT2D eigenvalue weighted by atomic mass is 16.2. The number of benzene rings is 1. The van der Waals surface area contributed by atoms with Crippen molar-refractivity contribution >= 4 is 6.03 Å². The number of rotatable bonds is 6. The molecule has 16 heavy (non-hydrogen) atoms. The third-order valence-corrected chi connectivity index (χ3v) is 2.36. The van der Waals surface area contributed by atoms with Gasteiger partial charge in [-0.05, 0) is 12.0 Å². The van der Waals surface area contributed by atoms with Crippen LogP contribution in [0.3, 0.4) is 0 Å². The van der Waals surface area contributed by atoms with Crippen molar-refractivity contribution in [2.75, 3.05) is 6.54 Å². The van der Waals surface area contributed by atoms with Gasteiger partial charge in [0.1, 0.15) is 0 Å². The molecule has 0 radical (unpaired) electrons. The SMILES string of the molecule is CCCCCNC(=O)NCc1ccccc1. The molecule has 3 nitrogen and oxygen atoms in total. The van der Waals surface area contributed by atoms with Gasteiger partial charge in [0, 0.05) is 13.1 Å². The van der Waals surface area contributed by atoms with E-state index in [4.69, 9.17) is 0 Å². The third kappa shape index (κ3) is 5.39. The number of nitrogens with one attached hydrogen (secondary N) is 2. The van der Waals surface area contributed by atoms with Gasteiger partial charge < -0.3 is 10.6 Å². The highest BCUT2D eigenvalue weighted by Crippen LogP contribution is 1.96. The van der Waals surface area contributed by atoms with Crippen LogP contribution in [0.4, 0.5) is 4.79 Å². The summed E-state index contributed by atoms with van der Waals surface area (Å²) in [6.45, 7) is 3.49. The maximum absolute atomic E-state index is 11.4. The van der Waals surface area contributed by atoms with Gasteiger partial charge in [-0.1, -0.05) is 50.1 Å². The van der Waals surface area contributed by atoms with Gasteiger partial charge in [-0.15, -0.1) is 0 Å². The van der Waals surface area contributed by atoms with Crippen LogP contribution in [0.2, 0.25) is 0 Å². The highest BCUT2D eigenvalue weighted by Gasteiger charge is 1.98. The Hall–Kier alpha value is -1.51. The second-order valence-electron chi connectivity index (χ2n) is 3.80. The Kier molecular flexibility index (Phi) is 6.07. The molecule has 0 aliphatic rings. The van der Waals surface area contributed by atoms with Gasteiger partial charge in [0.15, 0.2) is 0 Å². The Morgan fingerprint density at radius 1 is 1.12 bits per heavy atom. The molecule has 0 spiro atoms. The summed E-state index contributed by atoms with van der Waals surface area (Å²) in [5.41, 5.74) is 1.12. The summed E-state index contributed by atoms with van der Waals surface area (Å²) in [7, 11) is 0. The third-order valence-electron chi connectivity index (χ3n) is 2.36. The first kappa shape index (κ1) is 12.6. The minimum atomic E-state index is -0.0834. The molecule has 0 aliphatic carbocycles. The fraction of sp³-hybridized carbons (Fsp3) is 0.462. The van der Waals surface area contributed by atoms with Crippen LogP contribution in [0.5, 0.6) is 0 Å². The lowest BCUT2D eigenvalue weighted by molar-refractivity contribution is 0.240. The molecule has 0 atom stereocenters. The molecule has 1 aromatic carbocycles. The van der Waals surface area contributed by atoms with Gasteiger partial charge in [0.05, 0.1) is 0 Å². The first-order valence-electron chi connectivity index (χ1n) is 5.88. The molecule has 0 heterocycles. The predicted molar refractivity (Wildman–Crippen MR) is 66.2 cm³/mol. The maximum Gasteiger partial charge on any atom is 0.315 e. The van der Waals surface area contributed by atoms with Crippen molar-refractivity contribution in [3.63, 3.8) is 0 Å². The van der Waals surface area contributed by atoms with Gasteiger partial charge in [0.25, 0.3) is 0 Å². The Morgan fingerprint density at radius 2 is 1.88 bits per heavy atom. The molecule has 0 aromatic heterocycles. The first-order chi connectivity index (χ1) is 7.83. The van der Waals surface area contributed by atoms with Gasteiger partial charge in [0.2, 0.25) is 0 Å². The van der Waals surface area contributed by atoms with Crippen LogP contribution in [0.15, 0.2) is 30.3 Å². The van der Waals surface area contributed by atoms with Crippen LogP contribution >= 0.6 is 0 Å². The number of unbranched alkanes of at least 4 members (excludes halogenated alkanes) is 2. The average molecular weight is 220 g/mol. The van der Waals surface area contributed by atoms with E-state index >= 15 is 0 Å². The fourth-order valence-electron chi connectivity index (χ4n) is 1.42. The molecular weight excluding hydrogens is 200 g/mol. The lowest BCUT2D eigenvalue weighted by Gasteiger charge is -2.07. The fourth-order valence-corrected chi connectivity index (χ4v) is 1.42. The monoisotopic (exact) mass is 220 g/mol. The molecular formula is C13H20N2O. The second kappa shape index (κ2) is 7.74. The van der Waals surface area contributed by atoms with Crippen molar-refractivity contribution in [1.82, 2.24) is 10.6 Å². The molecule has 3 heteroatoms. The molecule has 2 amide bonds. The van der Waals surface area contributed by atoms with Crippen molar-refractivity contribution in [3.8, 4) is 0 Å². The molecule has 2 N–H and O–H groups in total. The highest BCUT2D eigenvalue weighted by molar-refractivity contribution is 5.73. The van der Waals surface area contributed by atoms with Gasteiger partial charge in [-0.2, -0.15) is 0 Å². The topological polar surface area (TPSA) is 41.1 Å². The van der Waals surface area contributed by atoms with Crippen LogP contribution in [0, 0.1) is 0 Å². The number of hydrogen-bond donors (Lipinski definition) is 2. The summed E-state index contributed by atoms with van der Waals surface area (Å²) in [6, 6.07) is 9.81. The van der Waals surface area contributed by atoms with E-state index in [0.717, 1.165) is 18.5 Å². The van der Waals surface area contributed by atoms with Crippen molar-refractivity contribution in [2.45, 2.75) is 32.7 Å². The molecule has 0 fully saturated rings. The molecule has 1 aromatic rings. The Labute approximate surface area is 97.2 Å². The van der Waals surface area contributed by atoms with Crippen molar-refractivity contribution in [2.24, 2.45) is 0 Å². The van der Waals surface area contributed by atoms with E-state index in [-0.39, 0.29) is 6.03 Å². The number of urea groups is 1. The smallest absolute Gasteiger partial charge is 0.315 e. The lowest BCUT2D eigenvalue weighted by Crippen LogP contribution is -2.35. The van der Waals surface area contributed by atoms with Gasteiger partial charge in [-0.3, -0.25) is 0 Å². The first-order valence-corrected chi connectivity index (χ1v) is 5.88. The minimum Gasteiger partial charge on any atom is -0.338 e. The summed E-state index contributed by atoms with van der Waals surface area (Å²) in [4.78, 5) is 11.4. The van der Waals surface area contributed by atoms with Crippen molar-refractivity contribution in [1.29, 1.82) is 0 Å². The maximum atomic E-state index is 11.4. The molecule has 0 aliphatic heterocycles. The van der Waals surface area contributed by atoms with E-state index < -0.39 is 0 Å². The minimum absolute atomic E-state index is 0.0834. The van der Waals surface area contributed by atoms with Gasteiger partial charge >= 0.3 is 6.03 Å². The zero-order valence-corrected chi connectivity index (χ0v) is 9.83. The zero-order chi connectivity index (χ0) is 11.6. The molecule has 88 valence electrons. The number of carbonyl (C=O) groups excluding carboxylic acids is 1. The lowest BCUT2D eigenvalue weighted by atomic mass is 10.2. The Morgan fingerprint density at radius 3 is 2.56 bits per heavy atom. The quantitative estimate of drug-likeness (QED) is 0.711. The van der Waals surface area contributed by atoms with Crippen molar-refractivity contribution < 1.29 is 4.79 Å². The number of carbonyl (C=O) groups is 1. The van der Waals surface area contributed by atoms with Crippen LogP contribution in [0.1, 0.15) is 31.7 Å². The van der Waals surface area contributed by atoms with Crippen LogP contribution in [-0.4, -0.2) is 12.6 Å². The summed E-state index contributed by atoms with van der Waals surface area (Å²) in [5, 5.41) is 5.66. The summed E-state index contributed by atoms with van der Waals surface area (Å²) < 4.78 is 0. The summed E-state index contributed by atoms with van der Waals surface area (Å²) >= 11 is 0. The largest absolute Gasteiger partial charge is 0.338 e. The molecule has 0 saturated heterocycles. The average Bonchev–Trinajstić information content (AvgIpc) is 2.33. The van der Waals surface area contributed by atoms with Crippen LogP contribution in [0.25, 0.3) is 0 Å². The van der Waals surface area contributed by atoms with E-state index in [9.17, 15) is 4.79 Å². The van der Waals surface area contributed by atoms with E-state index in [1.165, 1.54) is 12.8 Å². The molecule has 0 saturated carbocycles. The normalized spacial score (nSPS) is 9.81. The summed E-state index contributed by atoms with van der Waals surface area (Å²) in [6.07, 6.45) is 3.39. The molecule has 0 bridgehead atoms. The van der Waals surface area contributed by atoms with E-state index in [0.29, 0.717) is 6.54 Å². The van der Waals surface area contributed by atoms with Crippen LogP contribution in [-0.2, 0) is 6.54 Å². The molecule has 1 rings (SSSR count). The number of amides is 2. The van der Waals surface area contributed by atoms with Crippen molar-refractivity contribution in [3.05, 3.63) is 35.9 Å². The van der Waals surface area contributed by atoms with Crippen LogP contribution < -0.4 is 10.6 Å². The van der Waals surface area contributed by atoms with E-state index in [2.05, 4.69) is 17.6 Å². The number of hydrogen-bond acceptors (Lipinski definition) is 1. The predicted octanol–water partition coefficient (Wildman–Crippen LogP) is 2.68. The Balaban J connectivity index is 2.11. The standard InChI is InChI=1S/C13H20N2O/c1-2-3-7-10-14-13(16)15-11-12-8-5-4-6-9-12/h4-6,8-9H,2-3,7,10-11H2,1H3,(H2,14,15,16). The van der Waals surface area contributed by atoms with E-state index in [1.807, 2.05) is 30.3 Å². The van der Waals surface area contributed by atoms with E-state index in [1.54, 1.807) is 0 Å². The second-order valence-corrected chi connectivity index (χ2v) is 3.80. The molecule has 0 unspecified atom stereocenters. The zero-order valence-electron chi connectivity index (χ0n) is 9.83. The summed E-state index contributed by atoms with van der Waals surface area (Å²) in [5.74, 6) is 0. The van der Waals surface area contributed by atoms with Gasteiger partial charge in [-0.25, -0.2) is 4.79 Å².